The summed E-state index contributed by atoms with van der Waals surface area (Å²) in [5.74, 6) is -0.483. The number of phosphoric ester groups is 1. The van der Waals surface area contributed by atoms with Gasteiger partial charge in [0.15, 0.2) is 23.7 Å². The molecule has 5 aromatic rings. The molecular formula is C26H38N14O17P3+. The van der Waals surface area contributed by atoms with Gasteiger partial charge in [0.05, 0.1) is 45.0 Å². The van der Waals surface area contributed by atoms with Gasteiger partial charge in [-0.3, -0.25) is 47.0 Å². The van der Waals surface area contributed by atoms with Crippen LogP contribution < -0.4 is 32.2 Å². The van der Waals surface area contributed by atoms with Gasteiger partial charge >= 0.3 is 28.8 Å². The minimum Gasteiger partial charge on any atom is -0.387 e. The van der Waals surface area contributed by atoms with Crippen molar-refractivity contribution in [1.29, 1.82) is 0 Å². The van der Waals surface area contributed by atoms with Crippen LogP contribution in [0.1, 0.15) is 18.1 Å². The summed E-state index contributed by atoms with van der Waals surface area (Å²) >= 11 is 0. The molecule has 0 spiro atoms. The quantitative estimate of drug-likeness (QED) is 0.0325. The summed E-state index contributed by atoms with van der Waals surface area (Å²) < 4.78 is 68.5. The number of nitrogens with two attached hydrogens (primary N) is 2. The lowest BCUT2D eigenvalue weighted by molar-refractivity contribution is -0.745. The molecule has 2 aliphatic rings. The molecule has 0 bridgehead atoms. The molecule has 31 nitrogen and oxygen atoms in total. The van der Waals surface area contributed by atoms with E-state index in [9.17, 15) is 58.4 Å². The van der Waals surface area contributed by atoms with E-state index >= 15 is 0 Å². The number of fused-ring (bicyclic) bond motifs is 2. The highest BCUT2D eigenvalue weighted by Gasteiger charge is 2.49. The van der Waals surface area contributed by atoms with Crippen LogP contribution in [0.5, 0.6) is 0 Å². The molecular weight excluding hydrogens is 873 g/mol. The maximum absolute atomic E-state index is 12.8. The number of aromatic nitrogens is 11. The van der Waals surface area contributed by atoms with Gasteiger partial charge in [0.25, 0.3) is 17.1 Å². The van der Waals surface area contributed by atoms with Crippen molar-refractivity contribution in [2.24, 2.45) is 7.05 Å². The first kappa shape index (κ1) is 43.7. The van der Waals surface area contributed by atoms with Gasteiger partial charge in [-0.25, -0.2) is 28.1 Å². The Hall–Kier alpha value is -4.39. The smallest absolute Gasteiger partial charge is 0.387 e. The monoisotopic (exact) mass is 911 g/mol. The third-order valence-electron chi connectivity index (χ3n) is 9.11. The zero-order chi connectivity index (χ0) is 43.5. The fourth-order valence-electron chi connectivity index (χ4n) is 6.41. The highest BCUT2D eigenvalue weighted by atomic mass is 31.3. The Kier molecular flexibility index (Phi) is 12.0. The zero-order valence-electron chi connectivity index (χ0n) is 30.6. The van der Waals surface area contributed by atoms with Crippen LogP contribution in [0, 0.1) is 0 Å². The summed E-state index contributed by atoms with van der Waals surface area (Å²) in [5, 5.41) is 52.0. The minimum atomic E-state index is -5.34. The molecule has 0 aromatic carbocycles. The van der Waals surface area contributed by atoms with E-state index in [0.717, 1.165) is 21.8 Å². The Bertz CT molecular complexity index is 2670. The number of imidazole rings is 2. The number of hydrogen-bond acceptors (Lipinski definition) is 21. The number of aliphatic hydroxyl groups excluding tert-OH is 4. The Labute approximate surface area is 332 Å². The van der Waals surface area contributed by atoms with E-state index in [4.69, 9.17) is 30.0 Å². The molecule has 2 fully saturated rings. The maximum atomic E-state index is 12.8. The van der Waals surface area contributed by atoms with E-state index in [1.54, 1.807) is 0 Å². The third-order valence-corrected chi connectivity index (χ3v) is 13.3. The van der Waals surface area contributed by atoms with Crippen LogP contribution in [-0.2, 0) is 56.3 Å². The first-order valence-electron chi connectivity index (χ1n) is 17.3. The molecule has 5 aromatic heterocycles. The number of phosphoric acid groups is 1. The standard InChI is InChI=1S/C26H37N14O17P3/c1-37-9-40(20-14(37)22(46)34-26(28)32-20)24-18(44)16(42)12(56-24)6-54-60(51,52)57-58(47,48)7-10-4-38(36-35-10)3-2-30-59(49,50)53-5-11-15(41)17(43)23(55-11)39-8-29-13-19(39)31-25(27)33-21(13)45/h4,8-9,11-12,15-18,23-24,41-44H,2-3,5-7H2,1H3,(H9-,27,28,30,31,32,33,34,45,46,47,48,49,50,51,52)/p+1/t11-,12-,15?,16?,17+,18+,23-,24-/m1/s1. The van der Waals surface area contributed by atoms with Gasteiger partial charge in [0, 0.05) is 12.7 Å². The minimum absolute atomic E-state index is 0.0124. The van der Waals surface area contributed by atoms with E-state index in [0.29, 0.717) is 0 Å². The van der Waals surface area contributed by atoms with Crippen LogP contribution in [-0.4, -0.2) is 141 Å². The van der Waals surface area contributed by atoms with Crippen LogP contribution in [0.15, 0.2) is 28.4 Å². The highest BCUT2D eigenvalue weighted by molar-refractivity contribution is 7.63. The molecule has 0 aliphatic carbocycles. The van der Waals surface area contributed by atoms with Gasteiger partial charge in [-0.05, 0) is 0 Å². The number of rotatable bonds is 16. The van der Waals surface area contributed by atoms with Crippen LogP contribution in [0.4, 0.5) is 11.9 Å². The van der Waals surface area contributed by atoms with Crippen molar-refractivity contribution in [3.8, 4) is 0 Å². The Morgan fingerprint density at radius 3 is 2.35 bits per heavy atom. The average molecular weight is 912 g/mol. The zero-order valence-corrected chi connectivity index (χ0v) is 33.3. The molecule has 7 heterocycles. The van der Waals surface area contributed by atoms with Crippen molar-refractivity contribution in [2.45, 2.75) is 61.8 Å². The molecule has 7 rings (SSSR count). The summed E-state index contributed by atoms with van der Waals surface area (Å²) in [7, 11) is -13.4. The van der Waals surface area contributed by atoms with Crippen molar-refractivity contribution in [3.05, 3.63) is 45.3 Å². The number of nitrogens with one attached hydrogen (secondary N) is 3. The summed E-state index contributed by atoms with van der Waals surface area (Å²) in [6.45, 7) is -2.06. The first-order valence-corrected chi connectivity index (χ1v) is 22.1. The largest absolute Gasteiger partial charge is 0.479 e. The number of H-pyrrole nitrogens is 2. The van der Waals surface area contributed by atoms with Crippen LogP contribution >= 0.6 is 23.2 Å². The van der Waals surface area contributed by atoms with Gasteiger partial charge < -0.3 is 56.0 Å². The normalized spacial score (nSPS) is 27.7. The number of aromatic amines is 2. The summed E-state index contributed by atoms with van der Waals surface area (Å²) in [4.78, 5) is 71.8. The second kappa shape index (κ2) is 16.5. The summed E-state index contributed by atoms with van der Waals surface area (Å²) in [6, 6.07) is 0. The molecule has 2 saturated heterocycles. The van der Waals surface area contributed by atoms with Crippen molar-refractivity contribution >= 4 is 57.4 Å². The number of hydrogen-bond donors (Lipinski definition) is 12. The Balaban J connectivity index is 0.868. The molecule has 328 valence electrons. The fraction of sp³-hybridized carbons (Fsp3) is 0.538. The van der Waals surface area contributed by atoms with E-state index in [1.165, 1.54) is 22.5 Å². The predicted octanol–water partition coefficient (Wildman–Crippen LogP) is -5.10. The number of aliphatic hydroxyl groups is 4. The van der Waals surface area contributed by atoms with Crippen molar-refractivity contribution in [3.63, 3.8) is 0 Å². The molecule has 2 aliphatic heterocycles. The Morgan fingerprint density at radius 2 is 1.60 bits per heavy atom. The third kappa shape index (κ3) is 9.11. The lowest BCUT2D eigenvalue weighted by Crippen LogP contribution is -2.46. The molecule has 11 atom stereocenters. The number of nitrogens with zero attached hydrogens (tertiary/aromatic N) is 9. The predicted molar refractivity (Wildman–Crippen MR) is 195 cm³/mol. The van der Waals surface area contributed by atoms with Gasteiger partial charge in [0.1, 0.15) is 36.6 Å². The van der Waals surface area contributed by atoms with Crippen LogP contribution in [0.2, 0.25) is 0 Å². The molecule has 0 amide bonds. The SMILES string of the molecule is Cn1c[n+]([C@@H]2O[C@H](COP(=O)(O)OP(=O)(O)Cc3cn(CCNP(=O)(O)OC[C@H]4O[C@@H](n5cnc6c(=O)[nH]c(N)nc65)[C@@H](O)C4O)nn3)C(O)[C@@H]2O)c2nc(N)[nH]c(=O)c21. The van der Waals surface area contributed by atoms with Crippen LogP contribution in [0.25, 0.3) is 22.3 Å². The fourth-order valence-corrected chi connectivity index (χ4v) is 9.83. The maximum Gasteiger partial charge on any atom is 0.479 e. The highest BCUT2D eigenvalue weighted by Crippen LogP contribution is 2.61. The Morgan fingerprint density at radius 1 is 0.933 bits per heavy atom. The number of aryl methyl sites for hydroxylation is 1. The first-order chi connectivity index (χ1) is 28.1. The van der Waals surface area contributed by atoms with Crippen LogP contribution in [0.3, 0.4) is 0 Å². The lowest BCUT2D eigenvalue weighted by atomic mass is 10.1. The van der Waals surface area contributed by atoms with Gasteiger partial charge in [-0.2, -0.15) is 4.98 Å². The molecule has 14 N–H and O–H groups in total. The second-order valence-electron chi connectivity index (χ2n) is 13.5. The van der Waals surface area contributed by atoms with E-state index in [1.807, 2.05) is 0 Å². The number of ether oxygens (including phenoxy) is 2. The van der Waals surface area contributed by atoms with Gasteiger partial charge in [0.2, 0.25) is 17.7 Å². The van der Waals surface area contributed by atoms with Gasteiger partial charge in [-0.15, -0.1) is 5.10 Å². The lowest BCUT2D eigenvalue weighted by Gasteiger charge is -2.19. The second-order valence-corrected chi connectivity index (χ2v) is 18.5. The van der Waals surface area contributed by atoms with E-state index < -0.39 is 103 Å². The molecule has 60 heavy (non-hydrogen) atoms. The van der Waals surface area contributed by atoms with Crippen molar-refractivity contribution in [1.82, 2.24) is 54.1 Å². The van der Waals surface area contributed by atoms with Crippen molar-refractivity contribution < 1.29 is 76.2 Å². The number of anilines is 2. The van der Waals surface area contributed by atoms with E-state index in [-0.39, 0.29) is 53.0 Å². The van der Waals surface area contributed by atoms with Gasteiger partial charge in [-0.1, -0.05) is 10.2 Å². The molecule has 0 radical (unpaired) electrons. The van der Waals surface area contributed by atoms with E-state index in [2.05, 4.69) is 44.6 Å². The molecule has 34 heteroatoms. The van der Waals surface area contributed by atoms with Crippen molar-refractivity contribution in [2.75, 3.05) is 31.2 Å². The molecule has 0 saturated carbocycles. The summed E-state index contributed by atoms with van der Waals surface area (Å²) in [6.07, 6.45) is -9.43. The molecule has 5 unspecified atom stereocenters. The topological polar surface area (TPSA) is 452 Å². The average Bonchev–Trinajstić information content (AvgIpc) is 3.95. The number of nitrogen functional groups attached to an aromatic ring is 2. The summed E-state index contributed by atoms with van der Waals surface area (Å²) in [5.41, 5.74) is 9.65.